The van der Waals surface area contributed by atoms with E-state index in [2.05, 4.69) is 0 Å². The Bertz CT molecular complexity index is 1130. The van der Waals surface area contributed by atoms with Crippen LogP contribution < -0.4 is 9.47 Å². The van der Waals surface area contributed by atoms with Crippen LogP contribution in [0.3, 0.4) is 0 Å². The van der Waals surface area contributed by atoms with Crippen molar-refractivity contribution < 1.29 is 28.6 Å². The molecule has 0 fully saturated rings. The lowest BCUT2D eigenvalue weighted by atomic mass is 9.82. The highest BCUT2D eigenvalue weighted by molar-refractivity contribution is 6.05. The van der Waals surface area contributed by atoms with Gasteiger partial charge < -0.3 is 14.6 Å². The molecule has 1 atom stereocenters. The van der Waals surface area contributed by atoms with E-state index in [1.54, 1.807) is 31.2 Å². The lowest BCUT2D eigenvalue weighted by Crippen LogP contribution is -2.26. The number of hydrogen-bond donors (Lipinski definition) is 1. The molecule has 0 aliphatic rings. The fraction of sp³-hybridized carbons (Fsp3) is 0.357. The Labute approximate surface area is 199 Å². The summed E-state index contributed by atoms with van der Waals surface area (Å²) >= 11 is 0. The molecule has 3 aromatic rings. The van der Waals surface area contributed by atoms with Crippen LogP contribution in [0.15, 0.2) is 60.7 Å². The third-order valence-corrected chi connectivity index (χ3v) is 6.22. The van der Waals surface area contributed by atoms with E-state index in [1.165, 1.54) is 6.07 Å². The fourth-order valence-corrected chi connectivity index (χ4v) is 3.82. The van der Waals surface area contributed by atoms with Gasteiger partial charge in [0.15, 0.2) is 5.78 Å². The van der Waals surface area contributed by atoms with Crippen molar-refractivity contribution in [3.05, 3.63) is 72.0 Å². The second-order valence-electron chi connectivity index (χ2n) is 8.64. The first-order valence-corrected chi connectivity index (χ1v) is 11.6. The minimum absolute atomic E-state index is 0.119. The van der Waals surface area contributed by atoms with Gasteiger partial charge in [0, 0.05) is 23.6 Å². The number of carboxylic acid groups (broad SMARTS) is 1. The standard InChI is InChI=1S/C28H31FO5/c1-3-28(2,27(31)32)16-9-15-25(30)23-19-24(29)21-13-7-8-14-22(21)26(23)34-18-10-17-33-20-11-5-4-6-12-20/h4-8,11-14,19H,3,9-10,15-18H2,1-2H3,(H,31,32). The number of halogens is 1. The Morgan fingerprint density at radius 1 is 0.941 bits per heavy atom. The normalized spacial score (nSPS) is 12.8. The van der Waals surface area contributed by atoms with E-state index >= 15 is 0 Å². The van der Waals surface area contributed by atoms with Crippen molar-refractivity contribution in [3.8, 4) is 11.5 Å². The van der Waals surface area contributed by atoms with Crippen LogP contribution in [-0.4, -0.2) is 30.1 Å². The Morgan fingerprint density at radius 2 is 1.59 bits per heavy atom. The molecule has 5 nitrogen and oxygen atoms in total. The summed E-state index contributed by atoms with van der Waals surface area (Å²) in [6.07, 6.45) is 1.94. The predicted molar refractivity (Wildman–Crippen MR) is 130 cm³/mol. The maximum atomic E-state index is 14.8. The lowest BCUT2D eigenvalue weighted by Gasteiger charge is -2.22. The van der Waals surface area contributed by atoms with Gasteiger partial charge in [0.05, 0.1) is 24.2 Å². The number of carbonyl (C=O) groups excluding carboxylic acids is 1. The average Bonchev–Trinajstić information content (AvgIpc) is 2.85. The quantitative estimate of drug-likeness (QED) is 0.225. The van der Waals surface area contributed by atoms with E-state index < -0.39 is 17.2 Å². The van der Waals surface area contributed by atoms with Crippen LogP contribution in [-0.2, 0) is 4.79 Å². The van der Waals surface area contributed by atoms with Gasteiger partial charge in [-0.2, -0.15) is 0 Å². The summed E-state index contributed by atoms with van der Waals surface area (Å²) in [6, 6.07) is 17.6. The van der Waals surface area contributed by atoms with Crippen molar-refractivity contribution in [3.63, 3.8) is 0 Å². The second kappa shape index (κ2) is 11.6. The van der Waals surface area contributed by atoms with Gasteiger partial charge in [0.2, 0.25) is 0 Å². The van der Waals surface area contributed by atoms with Crippen LogP contribution in [0.25, 0.3) is 10.8 Å². The molecule has 0 bridgehead atoms. The topological polar surface area (TPSA) is 72.8 Å². The van der Waals surface area contributed by atoms with Gasteiger partial charge in [-0.15, -0.1) is 0 Å². The first-order chi connectivity index (χ1) is 16.4. The Hall–Kier alpha value is -3.41. The molecule has 180 valence electrons. The van der Waals surface area contributed by atoms with Gasteiger partial charge >= 0.3 is 5.97 Å². The number of ketones is 1. The zero-order valence-corrected chi connectivity index (χ0v) is 19.7. The predicted octanol–water partition coefficient (Wildman–Crippen LogP) is 6.68. The molecule has 3 aromatic carbocycles. The molecule has 0 saturated heterocycles. The van der Waals surface area contributed by atoms with E-state index in [0.717, 1.165) is 5.75 Å². The van der Waals surface area contributed by atoms with E-state index in [0.29, 0.717) is 55.4 Å². The first-order valence-electron chi connectivity index (χ1n) is 11.6. The number of fused-ring (bicyclic) bond motifs is 1. The van der Waals surface area contributed by atoms with E-state index in [-0.39, 0.29) is 17.8 Å². The maximum absolute atomic E-state index is 14.8. The minimum Gasteiger partial charge on any atom is -0.493 e. The van der Waals surface area contributed by atoms with Gasteiger partial charge in [-0.25, -0.2) is 4.39 Å². The smallest absolute Gasteiger partial charge is 0.309 e. The summed E-state index contributed by atoms with van der Waals surface area (Å²) in [4.78, 5) is 24.6. The summed E-state index contributed by atoms with van der Waals surface area (Å²) in [5.41, 5.74) is -0.693. The zero-order chi connectivity index (χ0) is 24.6. The van der Waals surface area contributed by atoms with Crippen molar-refractivity contribution in [2.75, 3.05) is 13.2 Å². The molecule has 0 aromatic heterocycles. The Morgan fingerprint density at radius 3 is 2.26 bits per heavy atom. The van der Waals surface area contributed by atoms with Gasteiger partial charge in [0.1, 0.15) is 17.3 Å². The monoisotopic (exact) mass is 466 g/mol. The summed E-state index contributed by atoms with van der Waals surface area (Å²) in [5.74, 6) is -0.489. The van der Waals surface area contributed by atoms with Gasteiger partial charge in [-0.05, 0) is 44.4 Å². The highest BCUT2D eigenvalue weighted by Crippen LogP contribution is 2.34. The third-order valence-electron chi connectivity index (χ3n) is 6.22. The van der Waals surface area contributed by atoms with Crippen LogP contribution in [0.5, 0.6) is 11.5 Å². The molecule has 6 heteroatoms. The number of rotatable bonds is 13. The highest BCUT2D eigenvalue weighted by atomic mass is 19.1. The number of carboxylic acids is 1. The molecule has 0 radical (unpaired) electrons. The molecule has 0 aliphatic carbocycles. The van der Waals surface area contributed by atoms with E-state index in [9.17, 15) is 19.1 Å². The maximum Gasteiger partial charge on any atom is 0.309 e. The van der Waals surface area contributed by atoms with E-state index in [1.807, 2.05) is 37.3 Å². The third kappa shape index (κ3) is 6.13. The van der Waals surface area contributed by atoms with Gasteiger partial charge in [-0.3, -0.25) is 9.59 Å². The molecule has 0 saturated carbocycles. The first kappa shape index (κ1) is 25.2. The number of para-hydroxylation sites is 1. The van der Waals surface area contributed by atoms with Crippen LogP contribution >= 0.6 is 0 Å². The largest absolute Gasteiger partial charge is 0.493 e. The van der Waals surface area contributed by atoms with Crippen LogP contribution in [0.1, 0.15) is 56.3 Å². The number of ether oxygens (including phenoxy) is 2. The van der Waals surface area contributed by atoms with Crippen molar-refractivity contribution in [2.45, 2.75) is 46.0 Å². The van der Waals surface area contributed by atoms with Gasteiger partial charge in [0.25, 0.3) is 0 Å². The van der Waals surface area contributed by atoms with Crippen molar-refractivity contribution in [1.82, 2.24) is 0 Å². The molecule has 3 rings (SSSR count). The van der Waals surface area contributed by atoms with Crippen molar-refractivity contribution in [1.29, 1.82) is 0 Å². The number of hydrogen-bond acceptors (Lipinski definition) is 4. The molecule has 34 heavy (non-hydrogen) atoms. The fourth-order valence-electron chi connectivity index (χ4n) is 3.82. The lowest BCUT2D eigenvalue weighted by molar-refractivity contribution is -0.148. The molecular weight excluding hydrogens is 435 g/mol. The number of aliphatic carboxylic acids is 1. The number of benzene rings is 3. The molecule has 1 N–H and O–H groups in total. The summed E-state index contributed by atoms with van der Waals surface area (Å²) in [6.45, 7) is 4.25. The highest BCUT2D eigenvalue weighted by Gasteiger charge is 2.30. The summed E-state index contributed by atoms with van der Waals surface area (Å²) in [7, 11) is 0. The van der Waals surface area contributed by atoms with Crippen LogP contribution in [0, 0.1) is 11.2 Å². The second-order valence-corrected chi connectivity index (χ2v) is 8.64. The van der Waals surface area contributed by atoms with E-state index in [4.69, 9.17) is 9.47 Å². The molecule has 0 spiro atoms. The van der Waals surface area contributed by atoms with Crippen molar-refractivity contribution >= 4 is 22.5 Å². The number of carbonyl (C=O) groups is 2. The average molecular weight is 467 g/mol. The summed E-state index contributed by atoms with van der Waals surface area (Å²) in [5, 5.41) is 10.4. The molecule has 0 aliphatic heterocycles. The molecule has 1 unspecified atom stereocenters. The SMILES string of the molecule is CCC(C)(CCCC(=O)c1cc(F)c2ccccc2c1OCCCOc1ccccc1)C(=O)O. The molecular formula is C28H31FO5. The van der Waals surface area contributed by atoms with Crippen molar-refractivity contribution in [2.24, 2.45) is 5.41 Å². The van der Waals surface area contributed by atoms with Gasteiger partial charge in [-0.1, -0.05) is 49.4 Å². The van der Waals surface area contributed by atoms with Crippen LogP contribution in [0.4, 0.5) is 4.39 Å². The Balaban J connectivity index is 1.71. The number of Topliss-reactive ketones (excluding diaryl/α,β-unsaturated/α-hetero) is 1. The zero-order valence-electron chi connectivity index (χ0n) is 19.7. The molecule has 0 heterocycles. The minimum atomic E-state index is -0.882. The van der Waals surface area contributed by atoms with Crippen LogP contribution in [0.2, 0.25) is 0 Å². The summed E-state index contributed by atoms with van der Waals surface area (Å²) < 4.78 is 26.5. The molecule has 0 amide bonds. The Kier molecular flexibility index (Phi) is 8.63.